The third kappa shape index (κ3) is 5.65. The van der Waals surface area contributed by atoms with Crippen LogP contribution in [-0.2, 0) is 6.54 Å². The van der Waals surface area contributed by atoms with E-state index < -0.39 is 0 Å². The van der Waals surface area contributed by atoms with Gasteiger partial charge in [-0.2, -0.15) is 0 Å². The predicted octanol–water partition coefficient (Wildman–Crippen LogP) is 3.53. The van der Waals surface area contributed by atoms with E-state index in [1.54, 1.807) is 18.2 Å². The summed E-state index contributed by atoms with van der Waals surface area (Å²) in [6.07, 6.45) is 1.48. The number of para-hydroxylation sites is 2. The predicted molar refractivity (Wildman–Crippen MR) is 130 cm³/mol. The molecule has 172 valence electrons. The molecule has 8 heteroatoms. The van der Waals surface area contributed by atoms with Crippen LogP contribution in [0.15, 0.2) is 76.3 Å². The summed E-state index contributed by atoms with van der Waals surface area (Å²) in [6.45, 7) is 6.64. The number of guanidine groups is 1. The van der Waals surface area contributed by atoms with E-state index in [1.165, 1.54) is 6.26 Å². The van der Waals surface area contributed by atoms with E-state index >= 15 is 0 Å². The minimum absolute atomic E-state index is 0.275. The number of phenolic OH excluding ortho intramolecular Hbond substituents is 1. The molecular formula is C25H29N5O3. The van der Waals surface area contributed by atoms with Gasteiger partial charge < -0.3 is 30.0 Å². The van der Waals surface area contributed by atoms with Gasteiger partial charge in [0.1, 0.15) is 5.75 Å². The zero-order chi connectivity index (χ0) is 23.0. The Hall–Kier alpha value is -3.94. The quantitative estimate of drug-likeness (QED) is 0.395. The number of anilines is 2. The number of amides is 1. The monoisotopic (exact) mass is 447 g/mol. The molecule has 0 aliphatic carbocycles. The molecule has 1 aromatic heterocycles. The van der Waals surface area contributed by atoms with E-state index in [1.807, 2.05) is 42.5 Å². The van der Waals surface area contributed by atoms with Gasteiger partial charge in [-0.15, -0.1) is 0 Å². The first-order chi connectivity index (χ1) is 16.1. The number of phenols is 1. The van der Waals surface area contributed by atoms with Crippen LogP contribution in [0.3, 0.4) is 0 Å². The largest absolute Gasteiger partial charge is 0.506 e. The number of aliphatic imine (C=N–C) groups is 1. The number of carbonyl (C=O) groups excluding carboxylic acids is 1. The van der Waals surface area contributed by atoms with Crippen LogP contribution in [0, 0.1) is 0 Å². The van der Waals surface area contributed by atoms with Crippen LogP contribution < -0.4 is 15.5 Å². The number of furan rings is 1. The lowest BCUT2D eigenvalue weighted by Crippen LogP contribution is -2.52. The van der Waals surface area contributed by atoms with Crippen molar-refractivity contribution < 1.29 is 14.3 Å². The fourth-order valence-corrected chi connectivity index (χ4v) is 3.78. The van der Waals surface area contributed by atoms with Crippen molar-refractivity contribution in [1.29, 1.82) is 0 Å². The Balaban J connectivity index is 1.34. The van der Waals surface area contributed by atoms with Gasteiger partial charge in [0, 0.05) is 38.4 Å². The summed E-state index contributed by atoms with van der Waals surface area (Å²) < 4.78 is 5.12. The molecule has 2 heterocycles. The maximum atomic E-state index is 12.1. The van der Waals surface area contributed by atoms with Crippen molar-refractivity contribution in [3.63, 3.8) is 0 Å². The van der Waals surface area contributed by atoms with Gasteiger partial charge in [-0.05, 0) is 48.9 Å². The van der Waals surface area contributed by atoms with Crippen molar-refractivity contribution in [3.05, 3.63) is 78.3 Å². The summed E-state index contributed by atoms with van der Waals surface area (Å²) in [4.78, 5) is 21.4. The fourth-order valence-electron chi connectivity index (χ4n) is 3.78. The van der Waals surface area contributed by atoms with Crippen LogP contribution in [-0.4, -0.2) is 54.6 Å². The smallest absolute Gasteiger partial charge is 0.291 e. The van der Waals surface area contributed by atoms with Crippen LogP contribution in [0.2, 0.25) is 0 Å². The molecule has 8 nitrogen and oxygen atoms in total. The molecule has 0 saturated carbocycles. The van der Waals surface area contributed by atoms with Gasteiger partial charge in [0.2, 0.25) is 0 Å². The Morgan fingerprint density at radius 3 is 2.45 bits per heavy atom. The molecule has 1 aliphatic heterocycles. The molecule has 0 bridgehead atoms. The number of aromatic hydroxyl groups is 1. The van der Waals surface area contributed by atoms with E-state index in [2.05, 4.69) is 27.4 Å². The SMILES string of the molecule is CCNC(=NCc1ccc(NC(=O)c2ccco2)cc1)N1CCN(c2ccccc2O)CC1. The number of rotatable bonds is 6. The molecule has 0 atom stereocenters. The molecule has 2 aromatic carbocycles. The van der Waals surface area contributed by atoms with E-state index in [0.717, 1.165) is 49.9 Å². The number of hydrogen-bond acceptors (Lipinski definition) is 5. The average molecular weight is 448 g/mol. The van der Waals surface area contributed by atoms with Gasteiger partial charge in [0.05, 0.1) is 18.5 Å². The summed E-state index contributed by atoms with van der Waals surface area (Å²) in [6, 6.07) is 18.4. The van der Waals surface area contributed by atoms with Gasteiger partial charge >= 0.3 is 0 Å². The van der Waals surface area contributed by atoms with Crippen molar-refractivity contribution in [2.24, 2.45) is 4.99 Å². The Labute approximate surface area is 193 Å². The lowest BCUT2D eigenvalue weighted by atomic mass is 10.2. The molecule has 1 amide bonds. The number of benzene rings is 2. The number of carbonyl (C=O) groups is 1. The van der Waals surface area contributed by atoms with Crippen molar-refractivity contribution in [1.82, 2.24) is 10.2 Å². The number of nitrogens with one attached hydrogen (secondary N) is 2. The van der Waals surface area contributed by atoms with Gasteiger partial charge in [0.15, 0.2) is 11.7 Å². The second kappa shape index (κ2) is 10.6. The van der Waals surface area contributed by atoms with E-state index in [9.17, 15) is 9.90 Å². The van der Waals surface area contributed by atoms with Crippen molar-refractivity contribution in [2.45, 2.75) is 13.5 Å². The van der Waals surface area contributed by atoms with Crippen molar-refractivity contribution in [3.8, 4) is 5.75 Å². The molecule has 0 unspecified atom stereocenters. The average Bonchev–Trinajstić information content (AvgIpc) is 3.39. The first kappa shape index (κ1) is 22.3. The zero-order valence-electron chi connectivity index (χ0n) is 18.7. The highest BCUT2D eigenvalue weighted by molar-refractivity contribution is 6.02. The Morgan fingerprint density at radius 2 is 1.79 bits per heavy atom. The minimum Gasteiger partial charge on any atom is -0.506 e. The van der Waals surface area contributed by atoms with Crippen molar-refractivity contribution >= 4 is 23.2 Å². The van der Waals surface area contributed by atoms with Crippen LogP contribution >= 0.6 is 0 Å². The van der Waals surface area contributed by atoms with E-state index in [4.69, 9.17) is 9.41 Å². The third-order valence-electron chi connectivity index (χ3n) is 5.50. The molecule has 3 aromatic rings. The van der Waals surface area contributed by atoms with Crippen LogP contribution in [0.4, 0.5) is 11.4 Å². The lowest BCUT2D eigenvalue weighted by molar-refractivity contribution is 0.0996. The van der Waals surface area contributed by atoms with Crippen LogP contribution in [0.25, 0.3) is 0 Å². The molecule has 0 spiro atoms. The first-order valence-electron chi connectivity index (χ1n) is 11.1. The normalized spacial score (nSPS) is 14.3. The number of hydrogen-bond donors (Lipinski definition) is 3. The summed E-state index contributed by atoms with van der Waals surface area (Å²) in [5.41, 5.74) is 2.63. The lowest BCUT2D eigenvalue weighted by Gasteiger charge is -2.37. The Morgan fingerprint density at radius 1 is 1.03 bits per heavy atom. The molecule has 1 saturated heterocycles. The summed E-state index contributed by atoms with van der Waals surface area (Å²) >= 11 is 0. The van der Waals surface area contributed by atoms with Crippen molar-refractivity contribution in [2.75, 3.05) is 42.9 Å². The van der Waals surface area contributed by atoms with Crippen LogP contribution in [0.5, 0.6) is 5.75 Å². The number of nitrogens with zero attached hydrogens (tertiary/aromatic N) is 3. The highest BCUT2D eigenvalue weighted by atomic mass is 16.3. The third-order valence-corrected chi connectivity index (χ3v) is 5.50. The van der Waals surface area contributed by atoms with Gasteiger partial charge in [-0.25, -0.2) is 4.99 Å². The van der Waals surface area contributed by atoms with E-state index in [0.29, 0.717) is 18.0 Å². The van der Waals surface area contributed by atoms with E-state index in [-0.39, 0.29) is 11.7 Å². The molecule has 0 radical (unpaired) electrons. The minimum atomic E-state index is -0.275. The molecule has 1 aliphatic rings. The van der Waals surface area contributed by atoms with Gasteiger partial charge in [0.25, 0.3) is 5.91 Å². The maximum Gasteiger partial charge on any atom is 0.291 e. The number of piperazine rings is 1. The molecule has 1 fully saturated rings. The Bertz CT molecular complexity index is 1070. The summed E-state index contributed by atoms with van der Waals surface area (Å²) in [5.74, 6) is 1.20. The van der Waals surface area contributed by atoms with Gasteiger partial charge in [-0.1, -0.05) is 24.3 Å². The fraction of sp³-hybridized carbons (Fsp3) is 0.280. The highest BCUT2D eigenvalue weighted by Gasteiger charge is 2.21. The summed E-state index contributed by atoms with van der Waals surface area (Å²) in [5, 5.41) is 16.3. The second-order valence-corrected chi connectivity index (χ2v) is 7.76. The second-order valence-electron chi connectivity index (χ2n) is 7.76. The van der Waals surface area contributed by atoms with Crippen LogP contribution in [0.1, 0.15) is 23.0 Å². The molecule has 3 N–H and O–H groups in total. The first-order valence-corrected chi connectivity index (χ1v) is 11.1. The topological polar surface area (TPSA) is 93.3 Å². The standard InChI is InChI=1S/C25H29N5O3/c1-2-26-25(30-15-13-29(14-16-30)21-6-3-4-7-22(21)31)27-18-19-9-11-20(12-10-19)28-24(32)23-8-5-17-33-23/h3-12,17,31H,2,13-16,18H2,1H3,(H,26,27)(H,28,32). The highest BCUT2D eigenvalue weighted by Crippen LogP contribution is 2.27. The molecular weight excluding hydrogens is 418 g/mol. The Kier molecular flexibility index (Phi) is 7.14. The molecule has 33 heavy (non-hydrogen) atoms. The maximum absolute atomic E-state index is 12.1. The summed E-state index contributed by atoms with van der Waals surface area (Å²) in [7, 11) is 0. The van der Waals surface area contributed by atoms with Gasteiger partial charge in [-0.3, -0.25) is 4.79 Å². The molecule has 4 rings (SSSR count). The zero-order valence-corrected chi connectivity index (χ0v) is 18.7.